The standard InChI is InChI=1S/Mn.2HNO3.4H2O/c;2*2-1(3)4;;;;/h;2*(H,2,3,4);4*1H2/q+2;;;;;;. The van der Waals surface area contributed by atoms with E-state index in [0.717, 1.165) is 0 Å². The zero-order valence-corrected chi connectivity index (χ0v) is 6.98. The molecule has 0 spiro atoms. The zero-order chi connectivity index (χ0) is 7.15. The molecule has 0 aliphatic carbocycles. The van der Waals surface area contributed by atoms with Gasteiger partial charge in [-0.05, 0) is 0 Å². The van der Waals surface area contributed by atoms with Gasteiger partial charge in [0.15, 0.2) is 0 Å². The van der Waals surface area contributed by atoms with Gasteiger partial charge in [-0.15, -0.1) is 20.2 Å². The molecule has 0 saturated carbocycles. The molecule has 0 aliphatic rings. The van der Waals surface area contributed by atoms with Crippen molar-refractivity contribution in [1.82, 2.24) is 0 Å². The maximum atomic E-state index is 8.36. The van der Waals surface area contributed by atoms with Crippen LogP contribution in [0, 0.1) is 20.2 Å². The van der Waals surface area contributed by atoms with E-state index >= 15 is 0 Å². The summed E-state index contributed by atoms with van der Waals surface area (Å²) in [6.07, 6.45) is 0. The monoisotopic (exact) mass is 253 g/mol. The molecule has 0 aromatic heterocycles. The van der Waals surface area contributed by atoms with Crippen LogP contribution in [0.3, 0.4) is 0 Å². The molecule has 0 aromatic carbocycles. The molecule has 0 fully saturated rings. The first-order chi connectivity index (χ1) is 3.46. The zero-order valence-electron chi connectivity index (χ0n) is 5.80. The second-order valence-corrected chi connectivity index (χ2v) is 0.476. The summed E-state index contributed by atoms with van der Waals surface area (Å²) in [6.45, 7) is 0. The van der Waals surface area contributed by atoms with Gasteiger partial charge in [0, 0.05) is 0 Å². The third-order valence-corrected chi connectivity index (χ3v) is 0. The van der Waals surface area contributed by atoms with Crippen molar-refractivity contribution < 1.29 is 59.6 Å². The van der Waals surface area contributed by atoms with E-state index in [-0.39, 0.29) is 39.0 Å². The third-order valence-electron chi connectivity index (χ3n) is 0. The average Bonchev–Trinajstić information content (AvgIpc) is 1.25. The van der Waals surface area contributed by atoms with E-state index in [9.17, 15) is 0 Å². The number of rotatable bonds is 0. The molecule has 12 nitrogen and oxygen atoms in total. The summed E-state index contributed by atoms with van der Waals surface area (Å²) in [6, 6.07) is 0. The molecule has 85 valence electrons. The number of nitrogens with zero attached hydrogens (tertiary/aromatic N) is 2. The van der Waals surface area contributed by atoms with Crippen LogP contribution in [0.15, 0.2) is 0 Å². The summed E-state index contributed by atoms with van der Waals surface area (Å²) in [5.41, 5.74) is 0. The van der Waals surface area contributed by atoms with Crippen LogP contribution in [0.5, 0.6) is 0 Å². The Hall–Kier alpha value is -1.24. The van der Waals surface area contributed by atoms with Crippen molar-refractivity contribution in [1.29, 1.82) is 0 Å². The molecule has 0 heterocycles. The Morgan fingerprint density at radius 2 is 0.769 bits per heavy atom. The molecule has 0 rings (SSSR count). The summed E-state index contributed by atoms with van der Waals surface area (Å²) in [7, 11) is 0. The Morgan fingerprint density at radius 1 is 0.769 bits per heavy atom. The van der Waals surface area contributed by atoms with Crippen LogP contribution >= 0.6 is 0 Å². The minimum absolute atomic E-state index is 0. The first kappa shape index (κ1) is 60.1. The second kappa shape index (κ2) is 45.2. The second-order valence-electron chi connectivity index (χ2n) is 0.476. The fraction of sp³-hybridized carbons (Fsp3) is 0. The number of hydrogen-bond acceptors (Lipinski definition) is 4. The molecule has 0 bridgehead atoms. The molecule has 10 N–H and O–H groups in total. The first-order valence-corrected chi connectivity index (χ1v) is 1.13. The predicted molar refractivity (Wildman–Crippen MR) is 32.0 cm³/mol. The van der Waals surface area contributed by atoms with E-state index in [1.807, 2.05) is 0 Å². The van der Waals surface area contributed by atoms with Crippen molar-refractivity contribution in [2.45, 2.75) is 0 Å². The molecule has 13 heavy (non-hydrogen) atoms. The largest absolute Gasteiger partial charge is 2.00 e. The minimum atomic E-state index is -1.50. The molecule has 0 atom stereocenters. The minimum Gasteiger partial charge on any atom is -0.412 e. The van der Waals surface area contributed by atoms with Crippen molar-refractivity contribution >= 4 is 0 Å². The Balaban J connectivity index is -0.00000000800. The predicted octanol–water partition coefficient (Wildman–Crippen LogP) is -4.00. The molecule has 0 aromatic rings. The van der Waals surface area contributed by atoms with E-state index < -0.39 is 10.2 Å². The molecule has 0 aliphatic heterocycles. The van der Waals surface area contributed by atoms with Gasteiger partial charge >= 0.3 is 17.1 Å². The summed E-state index contributed by atoms with van der Waals surface area (Å²) in [5.74, 6) is 0. The molecule has 0 amide bonds. The van der Waals surface area contributed by atoms with Crippen LogP contribution < -0.4 is 0 Å². The average molecular weight is 253 g/mol. The third kappa shape index (κ3) is 536. The van der Waals surface area contributed by atoms with E-state index in [1.54, 1.807) is 0 Å². The van der Waals surface area contributed by atoms with E-state index in [1.165, 1.54) is 0 Å². The first-order valence-electron chi connectivity index (χ1n) is 1.13. The molecule has 0 saturated heterocycles. The van der Waals surface area contributed by atoms with Crippen molar-refractivity contribution in [3.63, 3.8) is 0 Å². The molecular formula is H10MnN2O10+2. The SMILES string of the molecule is O.O.O.O.O=[N+]([O-])O.O=[N+]([O-])O.[Mn+2]. The van der Waals surface area contributed by atoms with E-state index in [4.69, 9.17) is 30.6 Å². The molecular weight excluding hydrogens is 243 g/mol. The van der Waals surface area contributed by atoms with Gasteiger partial charge in [-0.3, -0.25) is 0 Å². The van der Waals surface area contributed by atoms with E-state index in [2.05, 4.69) is 0 Å². The van der Waals surface area contributed by atoms with Gasteiger partial charge in [-0.25, -0.2) is 0 Å². The van der Waals surface area contributed by atoms with Crippen LogP contribution in [0.25, 0.3) is 0 Å². The fourth-order valence-electron chi connectivity index (χ4n) is 0. The van der Waals surface area contributed by atoms with Gasteiger partial charge in [-0.2, -0.15) is 0 Å². The maximum absolute atomic E-state index is 8.36. The summed E-state index contributed by atoms with van der Waals surface area (Å²) in [5, 5.41) is 27.3. The van der Waals surface area contributed by atoms with Crippen LogP contribution in [-0.4, -0.2) is 42.5 Å². The summed E-state index contributed by atoms with van der Waals surface area (Å²) in [4.78, 5) is 16.7. The van der Waals surface area contributed by atoms with Crippen LogP contribution in [-0.2, 0) is 17.1 Å². The van der Waals surface area contributed by atoms with Gasteiger partial charge < -0.3 is 32.3 Å². The van der Waals surface area contributed by atoms with Crippen molar-refractivity contribution in [3.05, 3.63) is 20.2 Å². The topological polar surface area (TPSA) is 253 Å². The van der Waals surface area contributed by atoms with Crippen molar-refractivity contribution in [2.75, 3.05) is 0 Å². The normalized spacial score (nSPS) is 3.69. The van der Waals surface area contributed by atoms with Gasteiger partial charge in [0.2, 0.25) is 0 Å². The van der Waals surface area contributed by atoms with Crippen molar-refractivity contribution in [2.24, 2.45) is 0 Å². The van der Waals surface area contributed by atoms with Gasteiger partial charge in [0.1, 0.15) is 0 Å². The smallest absolute Gasteiger partial charge is 0.412 e. The Bertz CT molecular complexity index is 70.9. The quantitative estimate of drug-likeness (QED) is 0.246. The van der Waals surface area contributed by atoms with Crippen molar-refractivity contribution in [3.8, 4) is 0 Å². The maximum Gasteiger partial charge on any atom is 2.00 e. The molecule has 1 radical (unpaired) electrons. The van der Waals surface area contributed by atoms with Gasteiger partial charge in [0.05, 0.1) is 0 Å². The van der Waals surface area contributed by atoms with Gasteiger partial charge in [-0.1, -0.05) is 0 Å². The summed E-state index contributed by atoms with van der Waals surface area (Å²) >= 11 is 0. The number of hydrogen-bond donors (Lipinski definition) is 2. The van der Waals surface area contributed by atoms with E-state index in [0.29, 0.717) is 0 Å². The summed E-state index contributed by atoms with van der Waals surface area (Å²) < 4.78 is 0. The van der Waals surface area contributed by atoms with Gasteiger partial charge in [0.25, 0.3) is 10.2 Å². The fourth-order valence-corrected chi connectivity index (χ4v) is 0. The Morgan fingerprint density at radius 3 is 0.769 bits per heavy atom. The molecule has 0 unspecified atom stereocenters. The van der Waals surface area contributed by atoms with Crippen LogP contribution in [0.2, 0.25) is 0 Å². The van der Waals surface area contributed by atoms with Crippen LogP contribution in [0.4, 0.5) is 0 Å². The Labute approximate surface area is 80.7 Å². The Kier molecular flexibility index (Phi) is 209. The van der Waals surface area contributed by atoms with Crippen LogP contribution in [0.1, 0.15) is 0 Å². The molecule has 13 heteroatoms.